The van der Waals surface area contributed by atoms with Gasteiger partial charge in [0.15, 0.2) is 0 Å². The lowest BCUT2D eigenvalue weighted by molar-refractivity contribution is -0.144. The molecule has 2 aliphatic carbocycles. The van der Waals surface area contributed by atoms with Crippen LogP contribution in [0, 0.1) is 0 Å². The van der Waals surface area contributed by atoms with Gasteiger partial charge in [0.1, 0.15) is 11.2 Å². The highest BCUT2D eigenvalue weighted by Crippen LogP contribution is 2.38. The van der Waals surface area contributed by atoms with E-state index >= 15 is 0 Å². The Balaban J connectivity index is 1.84. The molecule has 0 atom stereocenters. The number of carbonyl (C=O) groups excluding carboxylic acids is 1. The number of rotatable bonds is 4. The predicted octanol–water partition coefficient (Wildman–Crippen LogP) is 2.71. The smallest absolute Gasteiger partial charge is 0.329 e. The molecule has 6 heteroatoms. The van der Waals surface area contributed by atoms with E-state index in [2.05, 4.69) is 21.2 Å². The molecular weight excluding hydrogens is 324 g/mol. The summed E-state index contributed by atoms with van der Waals surface area (Å²) in [5.74, 6) is -1.21. The highest BCUT2D eigenvalue weighted by atomic mass is 79.9. The van der Waals surface area contributed by atoms with Gasteiger partial charge in [-0.25, -0.2) is 4.79 Å². The zero-order valence-electron chi connectivity index (χ0n) is 11.1. The Morgan fingerprint density at radius 3 is 2.55 bits per heavy atom. The predicted molar refractivity (Wildman–Crippen MR) is 76.7 cm³/mol. The maximum absolute atomic E-state index is 12.5. The lowest BCUT2D eigenvalue weighted by Crippen LogP contribution is -2.52. The van der Waals surface area contributed by atoms with Crippen LogP contribution in [-0.4, -0.2) is 27.1 Å². The molecule has 1 aromatic rings. The summed E-state index contributed by atoms with van der Waals surface area (Å²) in [7, 11) is 0. The summed E-state index contributed by atoms with van der Waals surface area (Å²) in [5.41, 5.74) is -0.533. The second-order valence-electron chi connectivity index (χ2n) is 5.73. The highest BCUT2D eigenvalue weighted by Gasteiger charge is 2.43. The highest BCUT2D eigenvalue weighted by molar-refractivity contribution is 9.10. The van der Waals surface area contributed by atoms with Gasteiger partial charge in [-0.05, 0) is 47.7 Å². The minimum absolute atomic E-state index is 0.285. The molecule has 0 radical (unpaired) electrons. The Morgan fingerprint density at radius 1 is 1.35 bits per heavy atom. The van der Waals surface area contributed by atoms with E-state index in [4.69, 9.17) is 0 Å². The Hall–Kier alpha value is -1.30. The van der Waals surface area contributed by atoms with Gasteiger partial charge in [-0.1, -0.05) is 12.8 Å². The monoisotopic (exact) mass is 340 g/mol. The van der Waals surface area contributed by atoms with Gasteiger partial charge in [-0.15, -0.1) is 0 Å². The summed E-state index contributed by atoms with van der Waals surface area (Å²) in [6, 6.07) is 2.14. The van der Waals surface area contributed by atoms with Gasteiger partial charge in [0.2, 0.25) is 0 Å². The molecule has 0 aliphatic heterocycles. The molecule has 2 aliphatic rings. The van der Waals surface area contributed by atoms with Crippen LogP contribution in [0.5, 0.6) is 0 Å². The largest absolute Gasteiger partial charge is 0.480 e. The first-order chi connectivity index (χ1) is 9.52. The Kier molecular flexibility index (Phi) is 3.36. The van der Waals surface area contributed by atoms with Crippen molar-refractivity contribution in [1.29, 1.82) is 0 Å². The number of aliphatic carboxylic acids is 1. The van der Waals surface area contributed by atoms with E-state index in [-0.39, 0.29) is 5.91 Å². The van der Waals surface area contributed by atoms with Crippen LogP contribution in [0.1, 0.15) is 55.1 Å². The zero-order valence-corrected chi connectivity index (χ0v) is 12.6. The maximum atomic E-state index is 12.5. The zero-order chi connectivity index (χ0) is 14.3. The summed E-state index contributed by atoms with van der Waals surface area (Å²) in [6.45, 7) is 0. The molecule has 2 N–H and O–H groups in total. The first kappa shape index (κ1) is 13.7. The van der Waals surface area contributed by atoms with Crippen LogP contribution >= 0.6 is 15.9 Å². The van der Waals surface area contributed by atoms with E-state index in [1.807, 2.05) is 10.8 Å². The second-order valence-corrected chi connectivity index (χ2v) is 6.65. The average Bonchev–Trinajstić information content (AvgIpc) is 3.00. The fourth-order valence-corrected chi connectivity index (χ4v) is 3.37. The number of nitrogens with one attached hydrogen (secondary N) is 1. The van der Waals surface area contributed by atoms with Crippen molar-refractivity contribution in [3.8, 4) is 0 Å². The Bertz CT molecular complexity index is 557. The summed E-state index contributed by atoms with van der Waals surface area (Å²) >= 11 is 3.39. The number of aromatic nitrogens is 1. The molecule has 0 saturated heterocycles. The van der Waals surface area contributed by atoms with Crippen LogP contribution in [0.25, 0.3) is 0 Å². The molecule has 20 heavy (non-hydrogen) atoms. The van der Waals surface area contributed by atoms with E-state index in [9.17, 15) is 14.7 Å². The lowest BCUT2D eigenvalue weighted by atomic mass is 9.97. The third kappa shape index (κ3) is 2.37. The molecule has 0 bridgehead atoms. The van der Waals surface area contributed by atoms with Crippen molar-refractivity contribution in [2.45, 2.75) is 50.1 Å². The SMILES string of the molecule is O=C(NC1(C(=O)O)CCCC1)c1cc(Br)cn1C1CC1. The number of carboxylic acid groups (broad SMARTS) is 1. The van der Waals surface area contributed by atoms with E-state index in [0.717, 1.165) is 30.2 Å². The number of hydrogen-bond acceptors (Lipinski definition) is 2. The summed E-state index contributed by atoms with van der Waals surface area (Å²) in [5, 5.41) is 12.2. The van der Waals surface area contributed by atoms with Crippen LogP contribution in [0.3, 0.4) is 0 Å². The summed E-state index contributed by atoms with van der Waals surface area (Å²) in [4.78, 5) is 24.0. The van der Waals surface area contributed by atoms with Gasteiger partial charge in [0, 0.05) is 16.7 Å². The fourth-order valence-electron chi connectivity index (χ4n) is 2.93. The molecule has 0 unspecified atom stereocenters. The maximum Gasteiger partial charge on any atom is 0.329 e. The lowest BCUT2D eigenvalue weighted by Gasteiger charge is -2.25. The minimum atomic E-state index is -1.08. The first-order valence-corrected chi connectivity index (χ1v) is 7.74. The molecule has 1 amide bonds. The molecular formula is C14H17BrN2O3. The van der Waals surface area contributed by atoms with Crippen molar-refractivity contribution >= 4 is 27.8 Å². The van der Waals surface area contributed by atoms with Crippen LogP contribution < -0.4 is 5.32 Å². The number of halogens is 1. The molecule has 1 heterocycles. The number of nitrogens with zero attached hydrogens (tertiary/aromatic N) is 1. The number of amides is 1. The first-order valence-electron chi connectivity index (χ1n) is 6.95. The van der Waals surface area contributed by atoms with Crippen molar-refractivity contribution < 1.29 is 14.7 Å². The van der Waals surface area contributed by atoms with Gasteiger partial charge in [0.25, 0.3) is 5.91 Å². The molecule has 0 spiro atoms. The third-order valence-corrected chi connectivity index (χ3v) is 4.64. The van der Waals surface area contributed by atoms with Gasteiger partial charge in [-0.2, -0.15) is 0 Å². The normalized spacial score (nSPS) is 20.9. The Morgan fingerprint density at radius 2 is 2.00 bits per heavy atom. The van der Waals surface area contributed by atoms with Gasteiger partial charge < -0.3 is 15.0 Å². The quantitative estimate of drug-likeness (QED) is 0.885. The molecule has 108 valence electrons. The third-order valence-electron chi connectivity index (χ3n) is 4.21. The Labute approximate surface area is 125 Å². The van der Waals surface area contributed by atoms with Crippen molar-refractivity contribution in [1.82, 2.24) is 9.88 Å². The fraction of sp³-hybridized carbons (Fsp3) is 0.571. The molecule has 0 aromatic carbocycles. The average molecular weight is 341 g/mol. The molecule has 3 rings (SSSR count). The van der Waals surface area contributed by atoms with Gasteiger partial charge in [-0.3, -0.25) is 4.79 Å². The van der Waals surface area contributed by atoms with Gasteiger partial charge >= 0.3 is 5.97 Å². The van der Waals surface area contributed by atoms with Crippen molar-refractivity contribution in [2.24, 2.45) is 0 Å². The minimum Gasteiger partial charge on any atom is -0.480 e. The molecule has 2 fully saturated rings. The second kappa shape index (κ2) is 4.91. The number of carboxylic acids is 1. The number of carbonyl (C=O) groups is 2. The topological polar surface area (TPSA) is 71.3 Å². The number of hydrogen-bond donors (Lipinski definition) is 2. The molecule has 5 nitrogen and oxygen atoms in total. The molecule has 1 aromatic heterocycles. The van der Waals surface area contributed by atoms with E-state index in [0.29, 0.717) is 24.6 Å². The van der Waals surface area contributed by atoms with Crippen LogP contribution in [0.2, 0.25) is 0 Å². The van der Waals surface area contributed by atoms with Crippen molar-refractivity contribution in [3.05, 3.63) is 22.4 Å². The summed E-state index contributed by atoms with van der Waals surface area (Å²) < 4.78 is 2.80. The van der Waals surface area contributed by atoms with Gasteiger partial charge in [0.05, 0.1) is 0 Å². The van der Waals surface area contributed by atoms with Crippen molar-refractivity contribution in [2.75, 3.05) is 0 Å². The summed E-state index contributed by atoms with van der Waals surface area (Å²) in [6.07, 6.45) is 6.77. The van der Waals surface area contributed by atoms with Crippen molar-refractivity contribution in [3.63, 3.8) is 0 Å². The van der Waals surface area contributed by atoms with E-state index in [1.54, 1.807) is 6.07 Å². The van der Waals surface area contributed by atoms with E-state index < -0.39 is 11.5 Å². The standard InChI is InChI=1S/C14H17BrN2O3/c15-9-7-11(17(8-9)10-3-4-10)12(18)16-14(13(19)20)5-1-2-6-14/h7-8,10H,1-6H2,(H,16,18)(H,19,20). The van der Waals surface area contributed by atoms with Crippen LogP contribution in [-0.2, 0) is 4.79 Å². The van der Waals surface area contributed by atoms with Crippen LogP contribution in [0.4, 0.5) is 0 Å². The van der Waals surface area contributed by atoms with Crippen LogP contribution in [0.15, 0.2) is 16.7 Å². The van der Waals surface area contributed by atoms with E-state index in [1.165, 1.54) is 0 Å². The molecule has 2 saturated carbocycles.